The van der Waals surface area contributed by atoms with Crippen LogP contribution in [0.15, 0.2) is 63.6 Å². The van der Waals surface area contributed by atoms with Crippen LogP contribution in [0.4, 0.5) is 5.69 Å². The van der Waals surface area contributed by atoms with Crippen LogP contribution in [0.3, 0.4) is 0 Å². The van der Waals surface area contributed by atoms with Crippen molar-refractivity contribution in [1.82, 2.24) is 4.98 Å². The summed E-state index contributed by atoms with van der Waals surface area (Å²) in [6, 6.07) is 13.7. The molecule has 2 nitrogen and oxygen atoms in total. The van der Waals surface area contributed by atoms with E-state index >= 15 is 0 Å². The molecule has 0 aliphatic heterocycles. The standard InChI is InChI=1S/C12H8N2S2/c15-9-14-10-4-6-11(7-5-10)16-12-3-1-2-8-13-12/h1-8H. The third kappa shape index (κ3) is 3.00. The van der Waals surface area contributed by atoms with E-state index in [4.69, 9.17) is 0 Å². The van der Waals surface area contributed by atoms with Gasteiger partial charge in [0.1, 0.15) is 5.03 Å². The number of hydrogen-bond acceptors (Lipinski definition) is 4. The Morgan fingerprint density at radius 3 is 2.56 bits per heavy atom. The maximum absolute atomic E-state index is 4.54. The van der Waals surface area contributed by atoms with Gasteiger partial charge in [-0.05, 0) is 48.6 Å². The smallest absolute Gasteiger partial charge is 0.101 e. The molecule has 0 unspecified atom stereocenters. The van der Waals surface area contributed by atoms with Gasteiger partial charge in [0.25, 0.3) is 0 Å². The first-order valence-electron chi connectivity index (χ1n) is 4.65. The average Bonchev–Trinajstić information content (AvgIpc) is 2.33. The summed E-state index contributed by atoms with van der Waals surface area (Å²) in [6.07, 6.45) is 1.78. The zero-order chi connectivity index (χ0) is 11.2. The number of pyridine rings is 1. The summed E-state index contributed by atoms with van der Waals surface area (Å²) >= 11 is 6.16. The number of thiocarbonyl (C=S) groups is 1. The molecule has 0 aliphatic carbocycles. The Labute approximate surface area is 103 Å². The highest BCUT2D eigenvalue weighted by atomic mass is 32.2. The van der Waals surface area contributed by atoms with Gasteiger partial charge in [-0.25, -0.2) is 4.98 Å². The van der Waals surface area contributed by atoms with Gasteiger partial charge in [-0.2, -0.15) is 4.99 Å². The minimum Gasteiger partial charge on any atom is -0.250 e. The molecule has 0 N–H and O–H groups in total. The molecule has 78 valence electrons. The monoisotopic (exact) mass is 244 g/mol. The van der Waals surface area contributed by atoms with Gasteiger partial charge in [0.2, 0.25) is 0 Å². The van der Waals surface area contributed by atoms with Crippen molar-refractivity contribution in [3.63, 3.8) is 0 Å². The molecule has 0 fully saturated rings. The minimum atomic E-state index is 0.820. The van der Waals surface area contributed by atoms with Gasteiger partial charge in [0.15, 0.2) is 0 Å². The van der Waals surface area contributed by atoms with Crippen molar-refractivity contribution in [2.45, 2.75) is 9.92 Å². The number of isothiocyanates is 1. The van der Waals surface area contributed by atoms with E-state index in [0.717, 1.165) is 15.6 Å². The Kier molecular flexibility index (Phi) is 3.83. The molecule has 1 heterocycles. The summed E-state index contributed by atoms with van der Waals surface area (Å²) in [5.74, 6) is 0. The zero-order valence-electron chi connectivity index (χ0n) is 8.33. The molecule has 0 aliphatic rings. The molecule has 0 spiro atoms. The third-order valence-corrected chi connectivity index (χ3v) is 2.92. The number of benzene rings is 1. The maximum Gasteiger partial charge on any atom is 0.101 e. The molecule has 0 radical (unpaired) electrons. The van der Waals surface area contributed by atoms with Crippen LogP contribution >= 0.6 is 24.0 Å². The van der Waals surface area contributed by atoms with E-state index in [0.29, 0.717) is 0 Å². The van der Waals surface area contributed by atoms with E-state index in [2.05, 4.69) is 27.4 Å². The number of nitrogens with zero attached hydrogens (tertiary/aromatic N) is 2. The first kappa shape index (κ1) is 11.0. The van der Waals surface area contributed by atoms with E-state index in [1.807, 2.05) is 42.5 Å². The number of rotatable bonds is 3. The second-order valence-electron chi connectivity index (χ2n) is 2.97. The fourth-order valence-electron chi connectivity index (χ4n) is 1.17. The maximum atomic E-state index is 4.54. The second-order valence-corrected chi connectivity index (χ2v) is 4.24. The molecule has 0 amide bonds. The highest BCUT2D eigenvalue weighted by Crippen LogP contribution is 2.27. The lowest BCUT2D eigenvalue weighted by Crippen LogP contribution is -1.77. The van der Waals surface area contributed by atoms with Crippen molar-refractivity contribution in [1.29, 1.82) is 0 Å². The molecule has 4 heteroatoms. The Hall–Kier alpha value is -1.48. The van der Waals surface area contributed by atoms with Crippen molar-refractivity contribution in [2.24, 2.45) is 4.99 Å². The first-order chi connectivity index (χ1) is 7.88. The molecule has 1 aromatic heterocycles. The van der Waals surface area contributed by atoms with Crippen molar-refractivity contribution < 1.29 is 0 Å². The fraction of sp³-hybridized carbons (Fsp3) is 0. The normalized spacial score (nSPS) is 9.50. The average molecular weight is 244 g/mol. The molecule has 2 aromatic rings. The van der Waals surface area contributed by atoms with E-state index in [-0.39, 0.29) is 0 Å². The van der Waals surface area contributed by atoms with Gasteiger partial charge in [-0.1, -0.05) is 17.8 Å². The summed E-state index contributed by atoms with van der Waals surface area (Å²) in [4.78, 5) is 9.26. The zero-order valence-corrected chi connectivity index (χ0v) is 9.96. The topological polar surface area (TPSA) is 25.2 Å². The van der Waals surface area contributed by atoms with Crippen LogP contribution in [0.25, 0.3) is 0 Å². The summed E-state index contributed by atoms with van der Waals surface area (Å²) in [7, 11) is 0. The quantitative estimate of drug-likeness (QED) is 0.603. The summed E-state index contributed by atoms with van der Waals surface area (Å²) in [5, 5.41) is 3.32. The lowest BCUT2D eigenvalue weighted by molar-refractivity contribution is 1.13. The van der Waals surface area contributed by atoms with Crippen LogP contribution in [-0.4, -0.2) is 10.1 Å². The van der Waals surface area contributed by atoms with E-state index in [1.165, 1.54) is 0 Å². The third-order valence-electron chi connectivity index (χ3n) is 1.87. The first-order valence-corrected chi connectivity index (χ1v) is 5.88. The highest BCUT2D eigenvalue weighted by Gasteiger charge is 1.97. The van der Waals surface area contributed by atoms with Gasteiger partial charge in [0, 0.05) is 11.1 Å². The predicted molar refractivity (Wildman–Crippen MR) is 69.5 cm³/mol. The van der Waals surface area contributed by atoms with Gasteiger partial charge in [0.05, 0.1) is 10.8 Å². The molecule has 2 rings (SSSR count). The van der Waals surface area contributed by atoms with Crippen LogP contribution in [0.1, 0.15) is 0 Å². The van der Waals surface area contributed by atoms with Crippen molar-refractivity contribution >= 4 is 34.8 Å². The van der Waals surface area contributed by atoms with Crippen LogP contribution < -0.4 is 0 Å². The van der Waals surface area contributed by atoms with Gasteiger partial charge >= 0.3 is 0 Å². The van der Waals surface area contributed by atoms with Gasteiger partial charge < -0.3 is 0 Å². The number of aromatic nitrogens is 1. The fourth-order valence-corrected chi connectivity index (χ4v) is 2.05. The van der Waals surface area contributed by atoms with Crippen LogP contribution in [0, 0.1) is 0 Å². The number of hydrogen-bond donors (Lipinski definition) is 0. The molecule has 0 saturated heterocycles. The van der Waals surface area contributed by atoms with Crippen LogP contribution in [0.5, 0.6) is 0 Å². The lowest BCUT2D eigenvalue weighted by atomic mass is 10.3. The molecule has 1 aromatic carbocycles. The van der Waals surface area contributed by atoms with Crippen LogP contribution in [-0.2, 0) is 0 Å². The van der Waals surface area contributed by atoms with E-state index in [1.54, 1.807) is 18.0 Å². The molecular weight excluding hydrogens is 236 g/mol. The predicted octanol–water partition coefficient (Wildman–Crippen LogP) is 3.97. The summed E-state index contributed by atoms with van der Waals surface area (Å²) < 4.78 is 0. The second kappa shape index (κ2) is 5.56. The van der Waals surface area contributed by atoms with Gasteiger partial charge in [-0.3, -0.25) is 0 Å². The Morgan fingerprint density at radius 2 is 1.94 bits per heavy atom. The largest absolute Gasteiger partial charge is 0.250 e. The molecule has 16 heavy (non-hydrogen) atoms. The van der Waals surface area contributed by atoms with Crippen LogP contribution in [0.2, 0.25) is 0 Å². The molecule has 0 atom stereocenters. The van der Waals surface area contributed by atoms with E-state index in [9.17, 15) is 0 Å². The van der Waals surface area contributed by atoms with Gasteiger partial charge in [-0.15, -0.1) is 0 Å². The van der Waals surface area contributed by atoms with Crippen molar-refractivity contribution in [2.75, 3.05) is 0 Å². The Bertz CT molecular complexity index is 502. The molecule has 0 bridgehead atoms. The summed E-state index contributed by atoms with van der Waals surface area (Å²) in [6.45, 7) is 0. The molecule has 0 saturated carbocycles. The Morgan fingerprint density at radius 1 is 1.12 bits per heavy atom. The number of aliphatic imine (C=N–C) groups is 1. The SMILES string of the molecule is S=C=Nc1ccc(Sc2ccccn2)cc1. The lowest BCUT2D eigenvalue weighted by Gasteiger charge is -2.00. The Balaban J connectivity index is 2.14. The van der Waals surface area contributed by atoms with Crippen molar-refractivity contribution in [3.05, 3.63) is 48.7 Å². The van der Waals surface area contributed by atoms with E-state index < -0.39 is 0 Å². The van der Waals surface area contributed by atoms with Crippen molar-refractivity contribution in [3.8, 4) is 0 Å². The highest BCUT2D eigenvalue weighted by molar-refractivity contribution is 7.99. The molecular formula is C12H8N2S2. The minimum absolute atomic E-state index is 0.820. The summed E-state index contributed by atoms with van der Waals surface area (Å²) in [5.41, 5.74) is 0.820.